The molecule has 0 unspecified atom stereocenters. The molecule has 2 aromatic carbocycles. The Morgan fingerprint density at radius 1 is 1.03 bits per heavy atom. The summed E-state index contributed by atoms with van der Waals surface area (Å²) >= 11 is 0. The first-order chi connectivity index (χ1) is 15.5. The molecule has 0 radical (unpaired) electrons. The van der Waals surface area contributed by atoms with Crippen LogP contribution in [0.15, 0.2) is 64.1 Å². The quantitative estimate of drug-likeness (QED) is 0.372. The second kappa shape index (κ2) is 7.42. The summed E-state index contributed by atoms with van der Waals surface area (Å²) in [6.07, 6.45) is 3.26. The van der Waals surface area contributed by atoms with Crippen LogP contribution in [0.4, 0.5) is 0 Å². The van der Waals surface area contributed by atoms with Gasteiger partial charge in [-0.15, -0.1) is 0 Å². The fraction of sp³-hybridized carbons (Fsp3) is 0.125. The number of rotatable bonds is 3. The largest absolute Gasteiger partial charge is 0.507 e. The Kier molecular flexibility index (Phi) is 4.55. The molecule has 0 saturated heterocycles. The Bertz CT molecular complexity index is 1430. The van der Waals surface area contributed by atoms with Crippen molar-refractivity contribution in [2.24, 2.45) is 0 Å². The van der Waals surface area contributed by atoms with Crippen LogP contribution in [0, 0.1) is 0 Å². The molecule has 0 saturated carbocycles. The van der Waals surface area contributed by atoms with E-state index in [0.717, 1.165) is 5.56 Å². The van der Waals surface area contributed by atoms with Crippen molar-refractivity contribution in [1.82, 2.24) is 4.98 Å². The third-order valence-electron chi connectivity index (χ3n) is 5.50. The van der Waals surface area contributed by atoms with Gasteiger partial charge in [0.15, 0.2) is 16.9 Å². The summed E-state index contributed by atoms with van der Waals surface area (Å²) in [5.74, 6) is -0.799. The van der Waals surface area contributed by atoms with Crippen molar-refractivity contribution in [2.75, 3.05) is 7.11 Å². The predicted octanol–water partition coefficient (Wildman–Crippen LogP) is 3.72. The second-order valence-corrected chi connectivity index (χ2v) is 7.38. The van der Waals surface area contributed by atoms with Gasteiger partial charge in [-0.25, -0.2) is 0 Å². The number of aromatic nitrogens is 1. The third kappa shape index (κ3) is 3.13. The van der Waals surface area contributed by atoms with Crippen LogP contribution in [-0.4, -0.2) is 28.3 Å². The summed E-state index contributed by atoms with van der Waals surface area (Å²) < 4.78 is 16.5. The van der Waals surface area contributed by atoms with Gasteiger partial charge >= 0.3 is 5.97 Å². The molecule has 1 aliphatic rings. The summed E-state index contributed by atoms with van der Waals surface area (Å²) in [6, 6.07) is 10.7. The number of hydrogen-bond acceptors (Lipinski definition) is 8. The molecule has 2 N–H and O–H groups in total. The molecule has 4 aromatic rings. The van der Waals surface area contributed by atoms with Gasteiger partial charge in [-0.3, -0.25) is 14.6 Å². The van der Waals surface area contributed by atoms with Gasteiger partial charge in [0.2, 0.25) is 0 Å². The van der Waals surface area contributed by atoms with Gasteiger partial charge in [-0.1, -0.05) is 0 Å². The Hall–Kier alpha value is -4.33. The summed E-state index contributed by atoms with van der Waals surface area (Å²) in [6.45, 7) is 0. The number of ether oxygens (including phenoxy) is 2. The highest BCUT2D eigenvalue weighted by Gasteiger charge is 2.33. The number of carbonyl (C=O) groups is 1. The Labute approximate surface area is 181 Å². The van der Waals surface area contributed by atoms with Crippen molar-refractivity contribution in [3.05, 3.63) is 76.2 Å². The smallest absolute Gasteiger partial charge is 0.312 e. The average molecular weight is 431 g/mol. The minimum absolute atomic E-state index is 0.0118. The average Bonchev–Trinajstić information content (AvgIpc) is 2.78. The minimum Gasteiger partial charge on any atom is -0.507 e. The summed E-state index contributed by atoms with van der Waals surface area (Å²) in [5, 5.41) is 20.6. The van der Waals surface area contributed by atoms with E-state index in [-0.39, 0.29) is 46.1 Å². The van der Waals surface area contributed by atoms with Crippen LogP contribution >= 0.6 is 0 Å². The number of phenolic OH excluding ortho intramolecular Hbond substituents is 2. The van der Waals surface area contributed by atoms with Gasteiger partial charge in [-0.05, 0) is 35.9 Å². The second-order valence-electron chi connectivity index (χ2n) is 7.38. The molecular formula is C24H17NO7. The fourth-order valence-corrected chi connectivity index (χ4v) is 4.02. The first-order valence-corrected chi connectivity index (χ1v) is 9.78. The third-order valence-corrected chi connectivity index (χ3v) is 5.50. The van der Waals surface area contributed by atoms with Crippen LogP contribution in [0.2, 0.25) is 0 Å². The number of benzene rings is 2. The number of methoxy groups -OCH3 is 1. The minimum atomic E-state index is -0.470. The van der Waals surface area contributed by atoms with E-state index < -0.39 is 17.3 Å². The Morgan fingerprint density at radius 3 is 2.53 bits per heavy atom. The Balaban J connectivity index is 1.80. The molecule has 160 valence electrons. The van der Waals surface area contributed by atoms with Crippen LogP contribution in [0.1, 0.15) is 23.5 Å². The van der Waals surface area contributed by atoms with Crippen LogP contribution in [0.25, 0.3) is 22.3 Å². The monoisotopic (exact) mass is 431 g/mol. The van der Waals surface area contributed by atoms with Crippen LogP contribution < -0.4 is 14.9 Å². The summed E-state index contributed by atoms with van der Waals surface area (Å²) in [7, 11) is 1.43. The molecule has 2 aromatic heterocycles. The molecule has 0 fully saturated rings. The number of carbonyl (C=O) groups excluding carboxylic acids is 1. The van der Waals surface area contributed by atoms with Gasteiger partial charge in [-0.2, -0.15) is 0 Å². The maximum atomic E-state index is 13.0. The molecule has 0 aliphatic carbocycles. The maximum absolute atomic E-state index is 13.0. The topological polar surface area (TPSA) is 119 Å². The standard InChI is InChI=1S/C24H17NO7/c1-30-18-3-2-13(8-15(18)26)19-10-16(27)23-17(28)11-20-22(24(23)32-19)14(9-21(29)31-20)12-4-6-25-7-5-12/h2-8,10-11,14,26,28H,9H2,1H3/t14-/m1/s1. The lowest BCUT2D eigenvalue weighted by Gasteiger charge is -2.26. The number of fused-ring (bicyclic) bond motifs is 3. The zero-order chi connectivity index (χ0) is 22.4. The van der Waals surface area contributed by atoms with Crippen molar-refractivity contribution in [3.8, 4) is 34.3 Å². The van der Waals surface area contributed by atoms with Gasteiger partial charge < -0.3 is 24.1 Å². The highest BCUT2D eigenvalue weighted by Crippen LogP contribution is 2.46. The molecule has 1 aliphatic heterocycles. The van der Waals surface area contributed by atoms with Crippen LogP contribution in [-0.2, 0) is 4.79 Å². The number of esters is 1. The molecule has 0 amide bonds. The molecule has 8 heteroatoms. The normalized spacial score (nSPS) is 15.3. The van der Waals surface area contributed by atoms with Crippen molar-refractivity contribution in [3.63, 3.8) is 0 Å². The molecule has 1 atom stereocenters. The number of hydrogen-bond donors (Lipinski definition) is 2. The molecule has 8 nitrogen and oxygen atoms in total. The molecule has 32 heavy (non-hydrogen) atoms. The van der Waals surface area contributed by atoms with E-state index in [4.69, 9.17) is 13.9 Å². The van der Waals surface area contributed by atoms with Crippen molar-refractivity contribution in [2.45, 2.75) is 12.3 Å². The first kappa shape index (κ1) is 19.6. The lowest BCUT2D eigenvalue weighted by Crippen LogP contribution is -2.22. The number of nitrogens with zero attached hydrogens (tertiary/aromatic N) is 1. The number of phenols is 2. The first-order valence-electron chi connectivity index (χ1n) is 9.78. The van der Waals surface area contributed by atoms with E-state index in [1.54, 1.807) is 36.7 Å². The molecule has 5 rings (SSSR count). The lowest BCUT2D eigenvalue weighted by atomic mass is 9.85. The van der Waals surface area contributed by atoms with E-state index in [1.165, 1.54) is 25.3 Å². The van der Waals surface area contributed by atoms with Crippen LogP contribution in [0.5, 0.6) is 23.0 Å². The summed E-state index contributed by atoms with van der Waals surface area (Å²) in [4.78, 5) is 29.2. The van der Waals surface area contributed by atoms with Gasteiger partial charge in [0.25, 0.3) is 0 Å². The van der Waals surface area contributed by atoms with E-state index >= 15 is 0 Å². The molecule has 3 heterocycles. The predicted molar refractivity (Wildman–Crippen MR) is 114 cm³/mol. The Morgan fingerprint density at radius 2 is 1.81 bits per heavy atom. The van der Waals surface area contributed by atoms with Gasteiger partial charge in [0, 0.05) is 41.6 Å². The number of aromatic hydroxyl groups is 2. The highest BCUT2D eigenvalue weighted by molar-refractivity contribution is 5.93. The molecule has 0 spiro atoms. The SMILES string of the molecule is COc1ccc(-c2cc(=O)c3c(O)cc4c(c3o2)[C@@H](c2ccncc2)CC(=O)O4)cc1O. The van der Waals surface area contributed by atoms with Gasteiger partial charge in [0.05, 0.1) is 13.5 Å². The highest BCUT2D eigenvalue weighted by atomic mass is 16.5. The molecule has 0 bridgehead atoms. The zero-order valence-electron chi connectivity index (χ0n) is 16.9. The zero-order valence-corrected chi connectivity index (χ0v) is 16.9. The fourth-order valence-electron chi connectivity index (χ4n) is 4.02. The van der Waals surface area contributed by atoms with Gasteiger partial charge in [0.1, 0.15) is 28.2 Å². The van der Waals surface area contributed by atoms with E-state index in [0.29, 0.717) is 11.1 Å². The van der Waals surface area contributed by atoms with E-state index in [2.05, 4.69) is 4.98 Å². The molecular weight excluding hydrogens is 414 g/mol. The van der Waals surface area contributed by atoms with E-state index in [1.807, 2.05) is 0 Å². The van der Waals surface area contributed by atoms with Crippen molar-refractivity contribution in [1.29, 1.82) is 0 Å². The van der Waals surface area contributed by atoms with Crippen LogP contribution in [0.3, 0.4) is 0 Å². The van der Waals surface area contributed by atoms with Crippen molar-refractivity contribution < 1.29 is 28.9 Å². The number of pyridine rings is 1. The maximum Gasteiger partial charge on any atom is 0.312 e. The van der Waals surface area contributed by atoms with E-state index in [9.17, 15) is 19.8 Å². The summed E-state index contributed by atoms with van der Waals surface area (Å²) in [5.41, 5.74) is 1.36. The van der Waals surface area contributed by atoms with Crippen molar-refractivity contribution >= 4 is 16.9 Å². The lowest BCUT2D eigenvalue weighted by molar-refractivity contribution is -0.135.